The fourth-order valence-corrected chi connectivity index (χ4v) is 1.88. The van der Waals surface area contributed by atoms with Gasteiger partial charge in [-0.05, 0) is 43.4 Å². The fraction of sp³-hybridized carbons (Fsp3) is 0.562. The number of rotatable bonds is 7. The molecule has 21 heavy (non-hydrogen) atoms. The topological polar surface area (TPSA) is 56.7 Å². The molecule has 4 nitrogen and oxygen atoms in total. The predicted octanol–water partition coefficient (Wildman–Crippen LogP) is 3.02. The minimum absolute atomic E-state index is 0.332. The molecule has 0 aliphatic rings. The van der Waals surface area contributed by atoms with Gasteiger partial charge in [0.05, 0.1) is 6.54 Å². The monoisotopic (exact) mass is 295 g/mol. The highest BCUT2D eigenvalue weighted by Crippen LogP contribution is 2.16. The summed E-state index contributed by atoms with van der Waals surface area (Å²) in [5, 5.41) is 15.6. The van der Waals surface area contributed by atoms with Gasteiger partial charge in [0.15, 0.2) is 17.5 Å². The molecule has 0 heterocycles. The Kier molecular flexibility index (Phi) is 7.58. The summed E-state index contributed by atoms with van der Waals surface area (Å²) in [5.41, 5.74) is 0.727. The Bertz CT molecular complexity index is 461. The molecule has 0 saturated heterocycles. The number of benzene rings is 1. The third-order valence-electron chi connectivity index (χ3n) is 3.03. The summed E-state index contributed by atoms with van der Waals surface area (Å²) >= 11 is 0. The molecule has 0 aromatic heterocycles. The summed E-state index contributed by atoms with van der Waals surface area (Å²) < 4.78 is 13.2. The highest BCUT2D eigenvalue weighted by atomic mass is 19.1. The van der Waals surface area contributed by atoms with E-state index in [1.54, 1.807) is 6.07 Å². The lowest BCUT2D eigenvalue weighted by molar-refractivity contribution is 0.432. The van der Waals surface area contributed by atoms with Gasteiger partial charge in [-0.15, -0.1) is 0 Å². The van der Waals surface area contributed by atoms with Crippen LogP contribution in [0.4, 0.5) is 4.39 Å². The van der Waals surface area contributed by atoms with Gasteiger partial charge in [0.25, 0.3) is 0 Å². The predicted molar refractivity (Wildman–Crippen MR) is 85.0 cm³/mol. The molecule has 0 radical (unpaired) electrons. The molecular formula is C16H26FN3O. The van der Waals surface area contributed by atoms with Crippen LogP contribution in [0.25, 0.3) is 0 Å². The molecule has 0 unspecified atom stereocenters. The van der Waals surface area contributed by atoms with E-state index >= 15 is 0 Å². The van der Waals surface area contributed by atoms with Crippen LogP contribution in [0, 0.1) is 11.7 Å². The van der Waals surface area contributed by atoms with Crippen molar-refractivity contribution >= 4 is 5.96 Å². The van der Waals surface area contributed by atoms with Crippen molar-refractivity contribution < 1.29 is 9.50 Å². The zero-order valence-electron chi connectivity index (χ0n) is 13.1. The van der Waals surface area contributed by atoms with Gasteiger partial charge in [-0.3, -0.25) is 0 Å². The summed E-state index contributed by atoms with van der Waals surface area (Å²) in [6.45, 7) is 8.44. The van der Waals surface area contributed by atoms with Crippen molar-refractivity contribution in [3.8, 4) is 5.75 Å². The first-order chi connectivity index (χ1) is 10.0. The molecule has 5 heteroatoms. The summed E-state index contributed by atoms with van der Waals surface area (Å²) in [4.78, 5) is 4.42. The Morgan fingerprint density at radius 3 is 2.71 bits per heavy atom. The van der Waals surface area contributed by atoms with Gasteiger partial charge in [0.2, 0.25) is 0 Å². The van der Waals surface area contributed by atoms with Crippen LogP contribution < -0.4 is 10.6 Å². The van der Waals surface area contributed by atoms with Crippen LogP contribution in [0.1, 0.15) is 39.2 Å². The summed E-state index contributed by atoms with van der Waals surface area (Å²) in [6.07, 6.45) is 2.27. The Balaban J connectivity index is 2.52. The van der Waals surface area contributed by atoms with E-state index in [1.807, 2.05) is 6.92 Å². The largest absolute Gasteiger partial charge is 0.505 e. The second-order valence-electron chi connectivity index (χ2n) is 5.44. The quantitative estimate of drug-likeness (QED) is 0.412. The SMILES string of the molecule is CCNC(=NCc1ccc(O)c(F)c1)NCCCC(C)C. The Morgan fingerprint density at radius 2 is 2.10 bits per heavy atom. The van der Waals surface area contributed by atoms with Crippen LogP contribution in [0.15, 0.2) is 23.2 Å². The van der Waals surface area contributed by atoms with E-state index in [9.17, 15) is 4.39 Å². The van der Waals surface area contributed by atoms with Crippen molar-refractivity contribution in [1.82, 2.24) is 10.6 Å². The second-order valence-corrected chi connectivity index (χ2v) is 5.44. The van der Waals surface area contributed by atoms with Crippen LogP contribution in [-0.2, 0) is 6.54 Å². The van der Waals surface area contributed by atoms with Crippen molar-refractivity contribution in [1.29, 1.82) is 0 Å². The van der Waals surface area contributed by atoms with Gasteiger partial charge in [-0.1, -0.05) is 19.9 Å². The Labute approximate surface area is 126 Å². The minimum Gasteiger partial charge on any atom is -0.505 e. The van der Waals surface area contributed by atoms with Gasteiger partial charge < -0.3 is 15.7 Å². The molecule has 0 aliphatic carbocycles. The molecule has 0 saturated carbocycles. The van der Waals surface area contributed by atoms with E-state index < -0.39 is 5.82 Å². The zero-order chi connectivity index (χ0) is 15.7. The number of aromatic hydroxyl groups is 1. The fourth-order valence-electron chi connectivity index (χ4n) is 1.88. The third-order valence-corrected chi connectivity index (χ3v) is 3.03. The normalized spacial score (nSPS) is 11.8. The summed E-state index contributed by atoms with van der Waals surface area (Å²) in [6, 6.07) is 4.33. The van der Waals surface area contributed by atoms with Crippen LogP contribution in [-0.4, -0.2) is 24.2 Å². The lowest BCUT2D eigenvalue weighted by atomic mass is 10.1. The molecule has 1 rings (SSSR count). The maximum atomic E-state index is 13.2. The smallest absolute Gasteiger partial charge is 0.191 e. The number of phenolic OH excluding ortho intramolecular Hbond substituents is 1. The highest BCUT2D eigenvalue weighted by molar-refractivity contribution is 5.79. The number of nitrogens with one attached hydrogen (secondary N) is 2. The van der Waals surface area contributed by atoms with Gasteiger partial charge in [0, 0.05) is 13.1 Å². The van der Waals surface area contributed by atoms with Crippen LogP contribution in [0.2, 0.25) is 0 Å². The molecule has 118 valence electrons. The molecule has 0 fully saturated rings. The lowest BCUT2D eigenvalue weighted by Gasteiger charge is -2.12. The van der Waals surface area contributed by atoms with Crippen molar-refractivity contribution in [2.75, 3.05) is 13.1 Å². The van der Waals surface area contributed by atoms with Gasteiger partial charge in [-0.25, -0.2) is 9.38 Å². The first-order valence-corrected chi connectivity index (χ1v) is 7.52. The van der Waals surface area contributed by atoms with E-state index in [2.05, 4.69) is 29.5 Å². The van der Waals surface area contributed by atoms with Crippen molar-refractivity contribution in [2.24, 2.45) is 10.9 Å². The average molecular weight is 295 g/mol. The summed E-state index contributed by atoms with van der Waals surface area (Å²) in [5.74, 6) is 0.486. The van der Waals surface area contributed by atoms with E-state index in [4.69, 9.17) is 5.11 Å². The Hall–Kier alpha value is -1.78. The third kappa shape index (κ3) is 6.97. The van der Waals surface area contributed by atoms with E-state index in [0.29, 0.717) is 12.5 Å². The maximum absolute atomic E-state index is 13.2. The molecular weight excluding hydrogens is 269 g/mol. The number of halogens is 1. The molecule has 1 aromatic rings. The molecule has 0 bridgehead atoms. The van der Waals surface area contributed by atoms with Crippen LogP contribution in [0.3, 0.4) is 0 Å². The van der Waals surface area contributed by atoms with Crippen molar-refractivity contribution in [2.45, 2.75) is 40.2 Å². The minimum atomic E-state index is -0.613. The molecule has 0 amide bonds. The zero-order valence-corrected chi connectivity index (χ0v) is 13.1. The second kappa shape index (κ2) is 9.21. The number of hydrogen-bond donors (Lipinski definition) is 3. The van der Waals surface area contributed by atoms with Gasteiger partial charge in [-0.2, -0.15) is 0 Å². The van der Waals surface area contributed by atoms with E-state index in [1.165, 1.54) is 18.6 Å². The first-order valence-electron chi connectivity index (χ1n) is 7.52. The number of aliphatic imine (C=N–C) groups is 1. The molecule has 3 N–H and O–H groups in total. The van der Waals surface area contributed by atoms with Gasteiger partial charge in [0.1, 0.15) is 0 Å². The maximum Gasteiger partial charge on any atom is 0.191 e. The van der Waals surface area contributed by atoms with Crippen molar-refractivity contribution in [3.63, 3.8) is 0 Å². The lowest BCUT2D eigenvalue weighted by Crippen LogP contribution is -2.37. The van der Waals surface area contributed by atoms with Crippen LogP contribution in [0.5, 0.6) is 5.75 Å². The molecule has 0 atom stereocenters. The first kappa shape index (κ1) is 17.3. The standard InChI is InChI=1S/C16H26FN3O/c1-4-18-16(19-9-5-6-12(2)3)20-11-13-7-8-15(21)14(17)10-13/h7-8,10,12,21H,4-6,9,11H2,1-3H3,(H2,18,19,20). The van der Waals surface area contributed by atoms with Crippen LogP contribution >= 0.6 is 0 Å². The highest BCUT2D eigenvalue weighted by Gasteiger charge is 2.02. The van der Waals surface area contributed by atoms with Gasteiger partial charge >= 0.3 is 0 Å². The Morgan fingerprint density at radius 1 is 1.33 bits per heavy atom. The number of guanidine groups is 1. The molecule has 0 aliphatic heterocycles. The van der Waals surface area contributed by atoms with E-state index in [-0.39, 0.29) is 5.75 Å². The van der Waals surface area contributed by atoms with Crippen molar-refractivity contribution in [3.05, 3.63) is 29.6 Å². The van der Waals surface area contributed by atoms with E-state index in [0.717, 1.165) is 31.0 Å². The number of nitrogens with zero attached hydrogens (tertiary/aromatic N) is 1. The average Bonchev–Trinajstić information content (AvgIpc) is 2.44. The molecule has 1 aromatic carbocycles. The summed E-state index contributed by atoms with van der Waals surface area (Å²) in [7, 11) is 0. The number of phenols is 1. The number of hydrogen-bond acceptors (Lipinski definition) is 2. The molecule has 0 spiro atoms.